The number of benzene rings is 2. The highest BCUT2D eigenvalue weighted by Gasteiger charge is 2.17. The monoisotopic (exact) mass is 291 g/mol. The van der Waals surface area contributed by atoms with Crippen molar-refractivity contribution in [1.82, 2.24) is 4.90 Å². The quantitative estimate of drug-likeness (QED) is 0.784. The van der Waals surface area contributed by atoms with Gasteiger partial charge in [0.25, 0.3) is 0 Å². The molecule has 0 N–H and O–H groups in total. The van der Waals surface area contributed by atoms with E-state index >= 15 is 0 Å². The molecule has 0 saturated carbocycles. The van der Waals surface area contributed by atoms with E-state index in [0.29, 0.717) is 10.0 Å². The first kappa shape index (κ1) is 13.0. The lowest BCUT2D eigenvalue weighted by molar-refractivity contribution is 0.245. The molecular formula is C16H15Cl2N. The van der Waals surface area contributed by atoms with Gasteiger partial charge in [-0.3, -0.25) is 4.90 Å². The van der Waals surface area contributed by atoms with E-state index in [4.69, 9.17) is 23.2 Å². The average Bonchev–Trinajstić information content (AvgIpc) is 2.44. The van der Waals surface area contributed by atoms with Gasteiger partial charge in [0.05, 0.1) is 10.0 Å². The van der Waals surface area contributed by atoms with Gasteiger partial charge in [0.1, 0.15) is 0 Å². The fraction of sp³-hybridized carbons (Fsp3) is 0.250. The summed E-state index contributed by atoms with van der Waals surface area (Å²) in [7, 11) is 0. The van der Waals surface area contributed by atoms with Crippen molar-refractivity contribution >= 4 is 23.2 Å². The molecule has 1 aliphatic rings. The van der Waals surface area contributed by atoms with Gasteiger partial charge in [0.2, 0.25) is 0 Å². The van der Waals surface area contributed by atoms with Gasteiger partial charge in [-0.1, -0.05) is 59.6 Å². The maximum Gasteiger partial charge on any atom is 0.0637 e. The summed E-state index contributed by atoms with van der Waals surface area (Å²) in [5, 5.41) is 1.32. The van der Waals surface area contributed by atoms with Gasteiger partial charge in [-0.15, -0.1) is 0 Å². The minimum Gasteiger partial charge on any atom is -0.294 e. The van der Waals surface area contributed by atoms with Crippen LogP contribution in [0.25, 0.3) is 0 Å². The van der Waals surface area contributed by atoms with Gasteiger partial charge in [0.15, 0.2) is 0 Å². The van der Waals surface area contributed by atoms with Gasteiger partial charge in [-0.2, -0.15) is 0 Å². The molecule has 3 heteroatoms. The number of hydrogen-bond donors (Lipinski definition) is 0. The minimum absolute atomic E-state index is 0.636. The third-order valence-electron chi connectivity index (χ3n) is 3.64. The predicted molar refractivity (Wildman–Crippen MR) is 80.7 cm³/mol. The Morgan fingerprint density at radius 1 is 0.947 bits per heavy atom. The van der Waals surface area contributed by atoms with Crippen molar-refractivity contribution in [3.8, 4) is 0 Å². The second-order valence-electron chi connectivity index (χ2n) is 4.94. The Kier molecular flexibility index (Phi) is 3.79. The molecule has 1 nitrogen and oxygen atoms in total. The van der Waals surface area contributed by atoms with Crippen molar-refractivity contribution in [1.29, 1.82) is 0 Å². The first-order chi connectivity index (χ1) is 9.24. The van der Waals surface area contributed by atoms with Crippen LogP contribution in [0.3, 0.4) is 0 Å². The van der Waals surface area contributed by atoms with E-state index < -0.39 is 0 Å². The molecule has 0 aromatic heterocycles. The van der Waals surface area contributed by atoms with Crippen LogP contribution < -0.4 is 0 Å². The molecule has 1 heterocycles. The third kappa shape index (κ3) is 2.79. The highest BCUT2D eigenvalue weighted by Crippen LogP contribution is 2.28. The van der Waals surface area contributed by atoms with Crippen LogP contribution in [0, 0.1) is 0 Å². The summed E-state index contributed by atoms with van der Waals surface area (Å²) in [4.78, 5) is 2.42. The standard InChI is InChI=1S/C16H15Cl2N/c17-15-7-3-6-14(16(15)18)11-19-9-8-12-4-1-2-5-13(12)10-19/h1-7H,8-11H2. The molecule has 98 valence electrons. The summed E-state index contributed by atoms with van der Waals surface area (Å²) in [6.07, 6.45) is 1.11. The predicted octanol–water partition coefficient (Wildman–Crippen LogP) is 4.55. The lowest BCUT2D eigenvalue weighted by atomic mass is 9.99. The first-order valence-corrected chi connectivity index (χ1v) is 7.21. The molecule has 2 aromatic rings. The minimum atomic E-state index is 0.636. The normalized spacial score (nSPS) is 15.3. The zero-order valence-electron chi connectivity index (χ0n) is 10.6. The molecule has 3 rings (SSSR count). The molecule has 0 aliphatic carbocycles. The van der Waals surface area contributed by atoms with Crippen molar-refractivity contribution in [2.75, 3.05) is 6.54 Å². The van der Waals surface area contributed by atoms with E-state index in [9.17, 15) is 0 Å². The number of hydrogen-bond acceptors (Lipinski definition) is 1. The highest BCUT2D eigenvalue weighted by molar-refractivity contribution is 6.42. The molecule has 0 radical (unpaired) electrons. The molecule has 0 unspecified atom stereocenters. The molecule has 0 amide bonds. The molecular weight excluding hydrogens is 277 g/mol. The molecule has 0 atom stereocenters. The van der Waals surface area contributed by atoms with Gasteiger partial charge >= 0.3 is 0 Å². The van der Waals surface area contributed by atoms with Crippen molar-refractivity contribution in [3.63, 3.8) is 0 Å². The maximum atomic E-state index is 6.25. The van der Waals surface area contributed by atoms with Crippen LogP contribution in [0.5, 0.6) is 0 Å². The highest BCUT2D eigenvalue weighted by atomic mass is 35.5. The smallest absolute Gasteiger partial charge is 0.0637 e. The molecule has 2 aromatic carbocycles. The Bertz CT molecular complexity index is 595. The zero-order chi connectivity index (χ0) is 13.2. The summed E-state index contributed by atoms with van der Waals surface area (Å²) in [5.74, 6) is 0. The van der Waals surface area contributed by atoms with Crippen LogP contribution in [0.4, 0.5) is 0 Å². The second-order valence-corrected chi connectivity index (χ2v) is 5.73. The van der Waals surface area contributed by atoms with Crippen molar-refractivity contribution in [3.05, 3.63) is 69.2 Å². The number of fused-ring (bicyclic) bond motifs is 1. The van der Waals surface area contributed by atoms with Gasteiger partial charge in [-0.05, 0) is 29.2 Å². The van der Waals surface area contributed by atoms with Crippen LogP contribution >= 0.6 is 23.2 Å². The van der Waals surface area contributed by atoms with Gasteiger partial charge in [0, 0.05) is 19.6 Å². The lowest BCUT2D eigenvalue weighted by Crippen LogP contribution is -2.30. The number of rotatable bonds is 2. The molecule has 1 aliphatic heterocycles. The van der Waals surface area contributed by atoms with Crippen LogP contribution in [0.2, 0.25) is 10.0 Å². The van der Waals surface area contributed by atoms with E-state index in [1.54, 1.807) is 0 Å². The average molecular weight is 292 g/mol. The first-order valence-electron chi connectivity index (χ1n) is 6.46. The van der Waals surface area contributed by atoms with Crippen molar-refractivity contribution < 1.29 is 0 Å². The zero-order valence-corrected chi connectivity index (χ0v) is 12.1. The largest absolute Gasteiger partial charge is 0.294 e. The van der Waals surface area contributed by atoms with Crippen LogP contribution in [0.1, 0.15) is 16.7 Å². The summed E-state index contributed by atoms with van der Waals surface area (Å²) >= 11 is 12.3. The molecule has 0 saturated heterocycles. The summed E-state index contributed by atoms with van der Waals surface area (Å²) in [6.45, 7) is 2.91. The second kappa shape index (κ2) is 5.54. The van der Waals surface area contributed by atoms with E-state index in [1.807, 2.05) is 12.1 Å². The third-order valence-corrected chi connectivity index (χ3v) is 4.49. The fourth-order valence-electron chi connectivity index (χ4n) is 2.60. The van der Waals surface area contributed by atoms with Crippen molar-refractivity contribution in [2.24, 2.45) is 0 Å². The van der Waals surface area contributed by atoms with E-state index in [1.165, 1.54) is 11.1 Å². The van der Waals surface area contributed by atoms with Gasteiger partial charge < -0.3 is 0 Å². The molecule has 19 heavy (non-hydrogen) atoms. The van der Waals surface area contributed by atoms with E-state index in [-0.39, 0.29) is 0 Å². The summed E-state index contributed by atoms with van der Waals surface area (Å²) in [5.41, 5.74) is 4.00. The van der Waals surface area contributed by atoms with Crippen molar-refractivity contribution in [2.45, 2.75) is 19.5 Å². The van der Waals surface area contributed by atoms with E-state index in [0.717, 1.165) is 31.6 Å². The molecule has 0 spiro atoms. The van der Waals surface area contributed by atoms with Gasteiger partial charge in [-0.25, -0.2) is 0 Å². The fourth-order valence-corrected chi connectivity index (χ4v) is 2.98. The SMILES string of the molecule is Clc1cccc(CN2CCc3ccccc3C2)c1Cl. The van der Waals surface area contributed by atoms with E-state index in [2.05, 4.69) is 35.2 Å². The van der Waals surface area contributed by atoms with Crippen LogP contribution in [0.15, 0.2) is 42.5 Å². The Morgan fingerprint density at radius 2 is 1.74 bits per heavy atom. The lowest BCUT2D eigenvalue weighted by Gasteiger charge is -2.29. The summed E-state index contributed by atoms with van der Waals surface area (Å²) < 4.78 is 0. The Hall–Kier alpha value is -1.02. The Balaban J connectivity index is 1.77. The summed E-state index contributed by atoms with van der Waals surface area (Å²) in [6, 6.07) is 14.5. The van der Waals surface area contributed by atoms with Crippen LogP contribution in [-0.4, -0.2) is 11.4 Å². The number of halogens is 2. The Labute approximate surface area is 123 Å². The molecule has 0 fully saturated rings. The van der Waals surface area contributed by atoms with Crippen LogP contribution in [-0.2, 0) is 19.5 Å². The number of nitrogens with zero attached hydrogens (tertiary/aromatic N) is 1. The topological polar surface area (TPSA) is 3.24 Å². The Morgan fingerprint density at radius 3 is 2.58 bits per heavy atom. The maximum absolute atomic E-state index is 6.25. The molecule has 0 bridgehead atoms.